The number of phenols is 2. The number of nitrogens with one attached hydrogen (secondary N) is 1. The van der Waals surface area contributed by atoms with Gasteiger partial charge >= 0.3 is 5.97 Å². The number of esters is 1. The maximum atomic E-state index is 13.2. The minimum Gasteiger partial charge on any atom is -0.504 e. The van der Waals surface area contributed by atoms with Crippen LogP contribution in [0, 0.1) is 0 Å². The fourth-order valence-corrected chi connectivity index (χ4v) is 4.23. The lowest BCUT2D eigenvalue weighted by atomic mass is 9.95. The molecule has 1 aliphatic carbocycles. The number of carbonyl (C=O) groups is 2. The molecule has 1 aromatic heterocycles. The highest BCUT2D eigenvalue weighted by atomic mass is 16.5. The SMILES string of the molecule is COC(=O)C(Cc1ccc(O)c(O)c1)NC(=O)c1nn(Cc2ccccc2)c2c1CCCC2. The standard InChI is InChI=1S/C25H27N3O5/c1-33-25(32)19(13-17-11-12-21(29)22(30)14-17)26-24(31)23-18-9-5-6-10-20(18)28(27-23)15-16-7-3-2-4-8-16/h2-4,7-8,11-12,14,19,29-30H,5-6,9-10,13,15H2,1H3,(H,26,31). The van der Waals surface area contributed by atoms with Crippen molar-refractivity contribution in [3.05, 3.63) is 76.6 Å². The molecule has 2 aromatic carbocycles. The highest BCUT2D eigenvalue weighted by Crippen LogP contribution is 2.27. The maximum Gasteiger partial charge on any atom is 0.328 e. The van der Waals surface area contributed by atoms with Gasteiger partial charge < -0.3 is 20.3 Å². The molecule has 33 heavy (non-hydrogen) atoms. The van der Waals surface area contributed by atoms with Gasteiger partial charge in [-0.05, 0) is 48.9 Å². The number of fused-ring (bicyclic) bond motifs is 1. The summed E-state index contributed by atoms with van der Waals surface area (Å²) < 4.78 is 6.77. The molecule has 8 nitrogen and oxygen atoms in total. The zero-order valence-electron chi connectivity index (χ0n) is 18.5. The average molecular weight is 450 g/mol. The molecule has 1 amide bonds. The summed E-state index contributed by atoms with van der Waals surface area (Å²) in [5, 5.41) is 26.7. The van der Waals surface area contributed by atoms with Gasteiger partial charge in [0.05, 0.1) is 13.7 Å². The first-order chi connectivity index (χ1) is 16.0. The number of phenolic OH excluding ortho intramolecular Hbond substituents is 2. The minimum absolute atomic E-state index is 0.0964. The average Bonchev–Trinajstić information content (AvgIpc) is 3.19. The van der Waals surface area contributed by atoms with Crippen LogP contribution in [0.4, 0.5) is 0 Å². The van der Waals surface area contributed by atoms with E-state index in [0.717, 1.165) is 42.5 Å². The zero-order chi connectivity index (χ0) is 23.4. The van der Waals surface area contributed by atoms with Crippen LogP contribution in [-0.4, -0.2) is 45.0 Å². The van der Waals surface area contributed by atoms with Gasteiger partial charge in [0.15, 0.2) is 17.2 Å². The number of amides is 1. The van der Waals surface area contributed by atoms with Gasteiger partial charge in [0.25, 0.3) is 5.91 Å². The number of benzene rings is 2. The summed E-state index contributed by atoms with van der Waals surface area (Å²) in [5.41, 5.74) is 3.99. The quantitative estimate of drug-likeness (QED) is 0.378. The largest absolute Gasteiger partial charge is 0.504 e. The van der Waals surface area contributed by atoms with Crippen molar-refractivity contribution in [3.63, 3.8) is 0 Å². The highest BCUT2D eigenvalue weighted by molar-refractivity contribution is 5.96. The molecular weight excluding hydrogens is 422 g/mol. The van der Waals surface area contributed by atoms with E-state index in [1.807, 2.05) is 35.0 Å². The molecule has 3 aromatic rings. The highest BCUT2D eigenvalue weighted by Gasteiger charge is 2.29. The van der Waals surface area contributed by atoms with Crippen molar-refractivity contribution in [2.45, 2.75) is 44.7 Å². The Kier molecular flexibility index (Phi) is 6.63. The second-order valence-electron chi connectivity index (χ2n) is 8.20. The topological polar surface area (TPSA) is 114 Å². The van der Waals surface area contributed by atoms with Crippen LogP contribution >= 0.6 is 0 Å². The molecule has 1 unspecified atom stereocenters. The Balaban J connectivity index is 1.58. The van der Waals surface area contributed by atoms with Gasteiger partial charge in [-0.2, -0.15) is 5.10 Å². The third-order valence-corrected chi connectivity index (χ3v) is 5.92. The monoisotopic (exact) mass is 449 g/mol. The molecule has 0 radical (unpaired) electrons. The summed E-state index contributed by atoms with van der Waals surface area (Å²) in [6.07, 6.45) is 3.75. The van der Waals surface area contributed by atoms with Gasteiger partial charge in [0.2, 0.25) is 0 Å². The van der Waals surface area contributed by atoms with Gasteiger partial charge in [-0.3, -0.25) is 9.48 Å². The fourth-order valence-electron chi connectivity index (χ4n) is 4.23. The summed E-state index contributed by atoms with van der Waals surface area (Å²) in [5.74, 6) is -1.59. The van der Waals surface area contributed by atoms with Crippen molar-refractivity contribution >= 4 is 11.9 Å². The fraction of sp³-hybridized carbons (Fsp3) is 0.320. The van der Waals surface area contributed by atoms with E-state index in [1.54, 1.807) is 6.07 Å². The van der Waals surface area contributed by atoms with E-state index in [2.05, 4.69) is 10.4 Å². The number of aromatic hydroxyl groups is 2. The van der Waals surface area contributed by atoms with Crippen LogP contribution in [-0.2, 0) is 35.3 Å². The lowest BCUT2D eigenvalue weighted by Gasteiger charge is -2.17. The Bertz CT molecular complexity index is 1160. The molecule has 172 valence electrons. The van der Waals surface area contributed by atoms with Gasteiger partial charge in [-0.15, -0.1) is 0 Å². The number of carbonyl (C=O) groups excluding carboxylic acids is 2. The predicted octanol–water partition coefficient (Wildman–Crippen LogP) is 2.74. The van der Waals surface area contributed by atoms with Crippen LogP contribution in [0.25, 0.3) is 0 Å². The van der Waals surface area contributed by atoms with Crippen molar-refractivity contribution in [3.8, 4) is 11.5 Å². The summed E-state index contributed by atoms with van der Waals surface area (Å²) in [4.78, 5) is 25.6. The molecule has 0 saturated carbocycles. The number of methoxy groups -OCH3 is 1. The van der Waals surface area contributed by atoms with E-state index >= 15 is 0 Å². The van der Waals surface area contributed by atoms with E-state index < -0.39 is 17.9 Å². The number of hydrogen-bond acceptors (Lipinski definition) is 6. The normalized spacial score (nSPS) is 13.7. The van der Waals surface area contributed by atoms with Crippen LogP contribution in [0.2, 0.25) is 0 Å². The maximum absolute atomic E-state index is 13.2. The van der Waals surface area contributed by atoms with Crippen molar-refractivity contribution in [2.75, 3.05) is 7.11 Å². The second-order valence-corrected chi connectivity index (χ2v) is 8.20. The number of rotatable bonds is 7. The van der Waals surface area contributed by atoms with Gasteiger partial charge in [-0.25, -0.2) is 4.79 Å². The van der Waals surface area contributed by atoms with E-state index in [9.17, 15) is 19.8 Å². The number of ether oxygens (including phenoxy) is 1. The molecule has 4 rings (SSSR count). The molecule has 8 heteroatoms. The molecule has 0 aliphatic heterocycles. The summed E-state index contributed by atoms with van der Waals surface area (Å²) in [6.45, 7) is 0.573. The Morgan fingerprint density at radius 3 is 2.55 bits per heavy atom. The third kappa shape index (κ3) is 5.00. The Morgan fingerprint density at radius 2 is 1.82 bits per heavy atom. The van der Waals surface area contributed by atoms with Crippen molar-refractivity contribution in [2.24, 2.45) is 0 Å². The van der Waals surface area contributed by atoms with E-state index in [1.165, 1.54) is 19.2 Å². The van der Waals surface area contributed by atoms with Gasteiger partial charge in [-0.1, -0.05) is 36.4 Å². The molecule has 0 spiro atoms. The van der Waals surface area contributed by atoms with Crippen molar-refractivity contribution in [1.29, 1.82) is 0 Å². The summed E-state index contributed by atoms with van der Waals surface area (Å²) in [7, 11) is 1.26. The first-order valence-electron chi connectivity index (χ1n) is 11.0. The van der Waals surface area contributed by atoms with Crippen LogP contribution in [0.5, 0.6) is 11.5 Å². The van der Waals surface area contributed by atoms with Crippen LogP contribution in [0.3, 0.4) is 0 Å². The molecule has 0 fully saturated rings. The number of nitrogens with zero attached hydrogens (tertiary/aromatic N) is 2. The summed E-state index contributed by atoms with van der Waals surface area (Å²) >= 11 is 0. The smallest absolute Gasteiger partial charge is 0.328 e. The molecule has 3 N–H and O–H groups in total. The van der Waals surface area contributed by atoms with Crippen LogP contribution in [0.15, 0.2) is 48.5 Å². The lowest BCUT2D eigenvalue weighted by Crippen LogP contribution is -2.43. The Labute approximate surface area is 191 Å². The molecule has 0 saturated heterocycles. The minimum atomic E-state index is -0.968. The molecule has 1 aliphatic rings. The summed E-state index contributed by atoms with van der Waals surface area (Å²) in [6, 6.07) is 13.3. The van der Waals surface area contributed by atoms with E-state index in [0.29, 0.717) is 17.8 Å². The predicted molar refractivity (Wildman–Crippen MR) is 121 cm³/mol. The third-order valence-electron chi connectivity index (χ3n) is 5.92. The van der Waals surface area contributed by atoms with Crippen LogP contribution in [0.1, 0.15) is 45.7 Å². The molecule has 1 atom stereocenters. The Morgan fingerprint density at radius 1 is 1.06 bits per heavy atom. The number of aromatic nitrogens is 2. The van der Waals surface area contributed by atoms with Gasteiger partial charge in [0, 0.05) is 17.7 Å². The van der Waals surface area contributed by atoms with Crippen molar-refractivity contribution < 1.29 is 24.5 Å². The molecule has 1 heterocycles. The van der Waals surface area contributed by atoms with E-state index in [4.69, 9.17) is 4.74 Å². The van der Waals surface area contributed by atoms with Crippen LogP contribution < -0.4 is 5.32 Å². The van der Waals surface area contributed by atoms with Gasteiger partial charge in [0.1, 0.15) is 6.04 Å². The number of hydrogen-bond donors (Lipinski definition) is 3. The second kappa shape index (κ2) is 9.77. The molecule has 0 bridgehead atoms. The first-order valence-corrected chi connectivity index (χ1v) is 11.0. The zero-order valence-corrected chi connectivity index (χ0v) is 18.5. The molecular formula is C25H27N3O5. The van der Waals surface area contributed by atoms with E-state index in [-0.39, 0.29) is 17.9 Å². The first kappa shape index (κ1) is 22.4. The van der Waals surface area contributed by atoms with Crippen molar-refractivity contribution in [1.82, 2.24) is 15.1 Å². The lowest BCUT2D eigenvalue weighted by molar-refractivity contribution is -0.142. The Hall–Kier alpha value is -3.81.